The minimum absolute atomic E-state index is 0.0188. The van der Waals surface area contributed by atoms with Crippen LogP contribution in [0.3, 0.4) is 0 Å². The van der Waals surface area contributed by atoms with E-state index in [1.54, 1.807) is 11.2 Å². The fourth-order valence-electron chi connectivity index (χ4n) is 4.52. The molecule has 4 atom stereocenters. The van der Waals surface area contributed by atoms with Crippen molar-refractivity contribution in [2.75, 3.05) is 4.90 Å². The molecule has 1 aliphatic carbocycles. The van der Waals surface area contributed by atoms with Crippen molar-refractivity contribution in [3.8, 4) is 0 Å². The van der Waals surface area contributed by atoms with Gasteiger partial charge >= 0.3 is 0 Å². The zero-order valence-electron chi connectivity index (χ0n) is 15.6. The summed E-state index contributed by atoms with van der Waals surface area (Å²) in [7, 11) is 0. The average Bonchev–Trinajstić information content (AvgIpc) is 3.30. The number of nitrogens with zero attached hydrogens (tertiary/aromatic N) is 1. The first-order valence-corrected chi connectivity index (χ1v) is 9.57. The fraction of sp³-hybridized carbons (Fsp3) is 0.261. The molecule has 2 heterocycles. The van der Waals surface area contributed by atoms with Crippen LogP contribution in [0, 0.1) is 0 Å². The molecule has 1 fully saturated rings. The van der Waals surface area contributed by atoms with Gasteiger partial charge in [0.2, 0.25) is 0 Å². The molecular weight excluding hydrogens is 352 g/mol. The molecule has 28 heavy (non-hydrogen) atoms. The van der Waals surface area contributed by atoms with Gasteiger partial charge in [-0.25, -0.2) is 0 Å². The topological polar surface area (TPSA) is 61.8 Å². The van der Waals surface area contributed by atoms with Gasteiger partial charge in [-0.1, -0.05) is 42.5 Å². The van der Waals surface area contributed by atoms with Crippen LogP contribution in [0.4, 0.5) is 5.69 Å². The number of aliphatic hydroxyl groups is 1. The first-order chi connectivity index (χ1) is 13.6. The summed E-state index contributed by atoms with van der Waals surface area (Å²) in [5.74, 6) is -0.0553. The number of para-hydroxylation sites is 1. The number of anilines is 1. The van der Waals surface area contributed by atoms with Crippen LogP contribution in [0.5, 0.6) is 0 Å². The standard InChI is InChI=1S/C23H22N2O3/c1-14-11-20(25(23(14)27)16-8-3-2-4-9-16)28-13-18-21-17-10-6-5-7-15(17)12-19(21)24-22(18)26/h2-11,13,19-21,23,27H,12H2,1H3,(H,24,26)/b18-13+. The zero-order valence-corrected chi connectivity index (χ0v) is 15.6. The highest BCUT2D eigenvalue weighted by molar-refractivity contribution is 5.98. The second-order valence-corrected chi connectivity index (χ2v) is 7.59. The number of ether oxygens (including phenoxy) is 1. The van der Waals surface area contributed by atoms with Gasteiger partial charge in [-0.15, -0.1) is 0 Å². The van der Waals surface area contributed by atoms with Crippen molar-refractivity contribution in [1.29, 1.82) is 0 Å². The summed E-state index contributed by atoms with van der Waals surface area (Å²) in [6.07, 6.45) is 3.12. The molecule has 0 spiro atoms. The Hall–Kier alpha value is -3.05. The Morgan fingerprint density at radius 2 is 1.89 bits per heavy atom. The minimum atomic E-state index is -0.747. The van der Waals surface area contributed by atoms with Crippen molar-refractivity contribution < 1.29 is 14.6 Å². The van der Waals surface area contributed by atoms with Crippen LogP contribution in [0.15, 0.2) is 78.1 Å². The molecule has 1 amide bonds. The molecular formula is C23H22N2O3. The van der Waals surface area contributed by atoms with E-state index in [2.05, 4.69) is 17.4 Å². The molecule has 5 rings (SSSR count). The summed E-state index contributed by atoms with van der Waals surface area (Å²) >= 11 is 0. The van der Waals surface area contributed by atoms with Crippen molar-refractivity contribution in [3.05, 3.63) is 89.2 Å². The summed E-state index contributed by atoms with van der Waals surface area (Å²) in [5.41, 5.74) is 4.81. The Morgan fingerprint density at radius 3 is 2.71 bits per heavy atom. The molecule has 2 aromatic rings. The molecule has 0 aromatic heterocycles. The van der Waals surface area contributed by atoms with Crippen molar-refractivity contribution in [2.24, 2.45) is 0 Å². The number of hydrogen-bond donors (Lipinski definition) is 2. The minimum Gasteiger partial charge on any atom is -0.474 e. The Kier molecular flexibility index (Phi) is 3.98. The smallest absolute Gasteiger partial charge is 0.251 e. The van der Waals surface area contributed by atoms with Crippen molar-refractivity contribution >= 4 is 11.6 Å². The highest BCUT2D eigenvalue weighted by Gasteiger charge is 2.44. The summed E-state index contributed by atoms with van der Waals surface area (Å²) < 4.78 is 6.06. The van der Waals surface area contributed by atoms with Gasteiger partial charge in [0.1, 0.15) is 0 Å². The molecule has 0 radical (unpaired) electrons. The quantitative estimate of drug-likeness (QED) is 0.493. The summed E-state index contributed by atoms with van der Waals surface area (Å²) in [5, 5.41) is 13.7. The fourth-order valence-corrected chi connectivity index (χ4v) is 4.52. The van der Waals surface area contributed by atoms with E-state index >= 15 is 0 Å². The lowest BCUT2D eigenvalue weighted by Gasteiger charge is -2.29. The molecule has 5 heteroatoms. The zero-order chi connectivity index (χ0) is 19.3. The molecule has 3 aliphatic rings. The second kappa shape index (κ2) is 6.53. The van der Waals surface area contributed by atoms with E-state index in [1.807, 2.05) is 55.5 Å². The monoisotopic (exact) mass is 374 g/mol. The van der Waals surface area contributed by atoms with Crippen LogP contribution >= 0.6 is 0 Å². The Bertz CT molecular complexity index is 982. The van der Waals surface area contributed by atoms with Crippen LogP contribution in [-0.2, 0) is 16.0 Å². The Morgan fingerprint density at radius 1 is 1.14 bits per heavy atom. The largest absolute Gasteiger partial charge is 0.474 e. The van der Waals surface area contributed by atoms with Crippen molar-refractivity contribution in [1.82, 2.24) is 5.32 Å². The van der Waals surface area contributed by atoms with Gasteiger partial charge < -0.3 is 20.1 Å². The molecule has 0 bridgehead atoms. The molecule has 4 unspecified atom stereocenters. The third-order valence-corrected chi connectivity index (χ3v) is 5.89. The number of amides is 1. The summed E-state index contributed by atoms with van der Waals surface area (Å²) in [6.45, 7) is 1.88. The number of carbonyl (C=O) groups is 1. The third kappa shape index (κ3) is 2.62. The van der Waals surface area contributed by atoms with Gasteiger partial charge in [-0.2, -0.15) is 0 Å². The average molecular weight is 374 g/mol. The van der Waals surface area contributed by atoms with E-state index < -0.39 is 12.5 Å². The van der Waals surface area contributed by atoms with E-state index in [0.717, 1.165) is 17.7 Å². The molecule has 2 aromatic carbocycles. The lowest BCUT2D eigenvalue weighted by atomic mass is 9.94. The lowest BCUT2D eigenvalue weighted by molar-refractivity contribution is -0.116. The van der Waals surface area contributed by atoms with Crippen LogP contribution in [0.1, 0.15) is 24.0 Å². The predicted molar refractivity (Wildman–Crippen MR) is 106 cm³/mol. The molecule has 142 valence electrons. The maximum Gasteiger partial charge on any atom is 0.251 e. The number of nitrogens with one attached hydrogen (secondary N) is 1. The number of hydrogen-bond acceptors (Lipinski definition) is 4. The molecule has 2 aliphatic heterocycles. The number of carbonyl (C=O) groups excluding carboxylic acids is 1. The number of rotatable bonds is 3. The molecule has 0 saturated carbocycles. The predicted octanol–water partition coefficient (Wildman–Crippen LogP) is 2.84. The number of fused-ring (bicyclic) bond motifs is 3. The maximum absolute atomic E-state index is 12.5. The SMILES string of the molecule is CC1=CC(O/C=C2/C(=O)NC3Cc4ccccc4C23)N(c2ccccc2)C1O. The Balaban J connectivity index is 1.44. The van der Waals surface area contributed by atoms with Crippen LogP contribution in [0.25, 0.3) is 0 Å². The number of aliphatic hydroxyl groups excluding tert-OH is 1. The normalized spacial score (nSPS) is 29.5. The van der Waals surface area contributed by atoms with E-state index in [-0.39, 0.29) is 17.9 Å². The first kappa shape index (κ1) is 17.1. The molecule has 5 nitrogen and oxygen atoms in total. The molecule has 1 saturated heterocycles. The van der Waals surface area contributed by atoms with Gasteiger partial charge in [0, 0.05) is 17.6 Å². The van der Waals surface area contributed by atoms with Crippen LogP contribution in [0.2, 0.25) is 0 Å². The van der Waals surface area contributed by atoms with Crippen molar-refractivity contribution in [2.45, 2.75) is 37.8 Å². The van der Waals surface area contributed by atoms with E-state index in [4.69, 9.17) is 4.74 Å². The van der Waals surface area contributed by atoms with Gasteiger partial charge in [0.15, 0.2) is 12.5 Å². The lowest BCUT2D eigenvalue weighted by Crippen LogP contribution is -2.38. The van der Waals surface area contributed by atoms with Gasteiger partial charge in [-0.05, 0) is 48.3 Å². The maximum atomic E-state index is 12.5. The Labute approximate surface area is 163 Å². The molecule has 2 N–H and O–H groups in total. The van der Waals surface area contributed by atoms with E-state index in [9.17, 15) is 9.90 Å². The third-order valence-electron chi connectivity index (χ3n) is 5.89. The van der Waals surface area contributed by atoms with Crippen molar-refractivity contribution in [3.63, 3.8) is 0 Å². The van der Waals surface area contributed by atoms with E-state index in [0.29, 0.717) is 5.57 Å². The highest BCUT2D eigenvalue weighted by Crippen LogP contribution is 2.42. The van der Waals surface area contributed by atoms with Gasteiger partial charge in [0.05, 0.1) is 11.8 Å². The van der Waals surface area contributed by atoms with Gasteiger partial charge in [-0.3, -0.25) is 4.79 Å². The first-order valence-electron chi connectivity index (χ1n) is 9.57. The summed E-state index contributed by atoms with van der Waals surface area (Å²) in [4.78, 5) is 14.3. The summed E-state index contributed by atoms with van der Waals surface area (Å²) in [6, 6.07) is 18.0. The second-order valence-electron chi connectivity index (χ2n) is 7.59. The van der Waals surface area contributed by atoms with Gasteiger partial charge in [0.25, 0.3) is 5.91 Å². The highest BCUT2D eigenvalue weighted by atomic mass is 16.5. The van der Waals surface area contributed by atoms with E-state index in [1.165, 1.54) is 11.1 Å². The number of benzene rings is 2. The van der Waals surface area contributed by atoms with Crippen LogP contribution in [-0.4, -0.2) is 29.5 Å². The van der Waals surface area contributed by atoms with Crippen LogP contribution < -0.4 is 10.2 Å².